The van der Waals surface area contributed by atoms with Crippen molar-refractivity contribution >= 4 is 23.0 Å². The number of nitrogens with zero attached hydrogens (tertiary/aromatic N) is 1. The number of rotatable bonds is 2. The van der Waals surface area contributed by atoms with E-state index in [0.717, 1.165) is 16.9 Å². The van der Waals surface area contributed by atoms with Gasteiger partial charge in [-0.1, -0.05) is 13.8 Å². The maximum absolute atomic E-state index is 12.3. The molecular weight excluding hydrogens is 234 g/mol. The minimum atomic E-state index is -0.0160. The number of Topliss-reactive ketones (excluding diaryl/α,β-unsaturated/α-hetero) is 1. The summed E-state index contributed by atoms with van der Waals surface area (Å²) in [4.78, 5) is 26.4. The lowest BCUT2D eigenvalue weighted by Gasteiger charge is -2.30. The zero-order valence-electron chi connectivity index (χ0n) is 10.2. The van der Waals surface area contributed by atoms with E-state index >= 15 is 0 Å². The maximum atomic E-state index is 12.3. The van der Waals surface area contributed by atoms with E-state index in [2.05, 4.69) is 6.92 Å². The fourth-order valence-electron chi connectivity index (χ4n) is 2.15. The van der Waals surface area contributed by atoms with Gasteiger partial charge in [-0.3, -0.25) is 9.59 Å². The van der Waals surface area contributed by atoms with Crippen LogP contribution in [0.5, 0.6) is 0 Å². The summed E-state index contributed by atoms with van der Waals surface area (Å²) in [5, 5.41) is 1.96. The first-order valence-corrected chi connectivity index (χ1v) is 6.89. The predicted molar refractivity (Wildman–Crippen MR) is 68.4 cm³/mol. The molecule has 92 valence electrons. The Morgan fingerprint density at radius 3 is 3.00 bits per heavy atom. The molecule has 4 heteroatoms. The van der Waals surface area contributed by atoms with Crippen LogP contribution in [0.1, 0.15) is 35.5 Å². The van der Waals surface area contributed by atoms with Crippen LogP contribution >= 0.6 is 11.3 Å². The van der Waals surface area contributed by atoms with Crippen molar-refractivity contribution in [2.75, 3.05) is 13.1 Å². The molecule has 1 amide bonds. The predicted octanol–water partition coefficient (Wildman–Crippen LogP) is 2.36. The third-order valence-electron chi connectivity index (χ3n) is 3.28. The molecule has 0 N–H and O–H groups in total. The molecule has 0 radical (unpaired) electrons. The number of carbonyl (C=O) groups excluding carboxylic acids is 2. The van der Waals surface area contributed by atoms with Crippen LogP contribution in [0.3, 0.4) is 0 Å². The van der Waals surface area contributed by atoms with Crippen LogP contribution < -0.4 is 0 Å². The third kappa shape index (κ3) is 2.41. The van der Waals surface area contributed by atoms with E-state index in [1.165, 1.54) is 11.3 Å². The highest BCUT2D eigenvalue weighted by Gasteiger charge is 2.28. The fraction of sp³-hybridized carbons (Fsp3) is 0.538. The smallest absolute Gasteiger partial charge is 0.264 e. The summed E-state index contributed by atoms with van der Waals surface area (Å²) in [6, 6.07) is 2.01. The molecule has 0 aromatic carbocycles. The molecule has 2 heterocycles. The lowest BCUT2D eigenvalue weighted by molar-refractivity contribution is -0.124. The highest BCUT2D eigenvalue weighted by atomic mass is 32.1. The second kappa shape index (κ2) is 5.00. The monoisotopic (exact) mass is 251 g/mol. The molecule has 0 aliphatic carbocycles. The summed E-state index contributed by atoms with van der Waals surface area (Å²) < 4.78 is 0. The fourth-order valence-corrected chi connectivity index (χ4v) is 3.11. The molecule has 0 bridgehead atoms. The number of carbonyl (C=O) groups is 2. The van der Waals surface area contributed by atoms with Crippen LogP contribution in [-0.4, -0.2) is 29.7 Å². The van der Waals surface area contributed by atoms with Gasteiger partial charge in [0.25, 0.3) is 5.91 Å². The van der Waals surface area contributed by atoms with Gasteiger partial charge in [-0.25, -0.2) is 0 Å². The summed E-state index contributed by atoms with van der Waals surface area (Å²) in [5.74, 6) is 0.352. The summed E-state index contributed by atoms with van der Waals surface area (Å²) in [5.41, 5.74) is 1.12. The van der Waals surface area contributed by atoms with Gasteiger partial charge in [0, 0.05) is 25.4 Å². The van der Waals surface area contributed by atoms with Gasteiger partial charge < -0.3 is 4.90 Å². The first-order valence-electron chi connectivity index (χ1n) is 6.01. The van der Waals surface area contributed by atoms with Crippen molar-refractivity contribution in [3.8, 4) is 0 Å². The molecule has 1 fully saturated rings. The Morgan fingerprint density at radius 2 is 2.35 bits per heavy atom. The SMILES string of the molecule is CCc1ccsc1C(=O)N1CCC(=O)C(C)C1. The quantitative estimate of drug-likeness (QED) is 0.809. The molecule has 1 aliphatic rings. The zero-order chi connectivity index (χ0) is 12.4. The number of ketones is 1. The molecule has 1 atom stereocenters. The molecule has 1 saturated heterocycles. The van der Waals surface area contributed by atoms with E-state index in [0.29, 0.717) is 19.5 Å². The first-order chi connectivity index (χ1) is 8.13. The van der Waals surface area contributed by atoms with Crippen LogP contribution in [0.25, 0.3) is 0 Å². The highest BCUT2D eigenvalue weighted by Crippen LogP contribution is 2.22. The molecule has 2 rings (SSSR count). The average molecular weight is 251 g/mol. The molecule has 3 nitrogen and oxygen atoms in total. The van der Waals surface area contributed by atoms with E-state index in [4.69, 9.17) is 0 Å². The van der Waals surface area contributed by atoms with Crippen LogP contribution in [0.2, 0.25) is 0 Å². The number of amides is 1. The summed E-state index contributed by atoms with van der Waals surface area (Å²) in [6.07, 6.45) is 1.38. The Bertz CT molecular complexity index is 438. The normalized spacial score (nSPS) is 20.7. The number of likely N-dealkylation sites (tertiary alicyclic amines) is 1. The van der Waals surface area contributed by atoms with Crippen molar-refractivity contribution < 1.29 is 9.59 Å². The Morgan fingerprint density at radius 1 is 1.59 bits per heavy atom. The minimum absolute atomic E-state index is 0.0160. The second-order valence-corrected chi connectivity index (χ2v) is 5.41. The zero-order valence-corrected chi connectivity index (χ0v) is 11.0. The van der Waals surface area contributed by atoms with E-state index < -0.39 is 0 Å². The number of piperidine rings is 1. The van der Waals surface area contributed by atoms with Crippen molar-refractivity contribution in [2.24, 2.45) is 5.92 Å². The largest absolute Gasteiger partial charge is 0.337 e. The van der Waals surface area contributed by atoms with Crippen LogP contribution in [-0.2, 0) is 11.2 Å². The van der Waals surface area contributed by atoms with Crippen molar-refractivity contribution in [3.63, 3.8) is 0 Å². The Hall–Kier alpha value is -1.16. The Kier molecular flexibility index (Phi) is 3.62. The van der Waals surface area contributed by atoms with Crippen molar-refractivity contribution in [1.82, 2.24) is 4.90 Å². The highest BCUT2D eigenvalue weighted by molar-refractivity contribution is 7.12. The third-order valence-corrected chi connectivity index (χ3v) is 4.23. The standard InChI is InChI=1S/C13H17NO2S/c1-3-10-5-7-17-12(10)13(16)14-6-4-11(15)9(2)8-14/h5,7,9H,3-4,6,8H2,1-2H3. The van der Waals surface area contributed by atoms with Crippen molar-refractivity contribution in [3.05, 3.63) is 21.9 Å². The molecule has 0 saturated carbocycles. The van der Waals surface area contributed by atoms with Gasteiger partial charge in [-0.2, -0.15) is 0 Å². The second-order valence-electron chi connectivity index (χ2n) is 4.50. The molecule has 1 unspecified atom stereocenters. The van der Waals surface area contributed by atoms with E-state index in [-0.39, 0.29) is 17.6 Å². The first kappa shape index (κ1) is 12.3. The molecule has 1 aromatic rings. The molecular formula is C13H17NO2S. The molecule has 1 aromatic heterocycles. The van der Waals surface area contributed by atoms with E-state index in [9.17, 15) is 9.59 Å². The summed E-state index contributed by atoms with van der Waals surface area (Å²) in [7, 11) is 0. The van der Waals surface area contributed by atoms with Crippen molar-refractivity contribution in [2.45, 2.75) is 26.7 Å². The lowest BCUT2D eigenvalue weighted by Crippen LogP contribution is -2.43. The van der Waals surface area contributed by atoms with Crippen LogP contribution in [0.4, 0.5) is 0 Å². The van der Waals surface area contributed by atoms with E-state index in [1.54, 1.807) is 0 Å². The average Bonchev–Trinajstić information content (AvgIpc) is 2.80. The lowest BCUT2D eigenvalue weighted by atomic mass is 9.98. The van der Waals surface area contributed by atoms with Gasteiger partial charge in [0.15, 0.2) is 0 Å². The molecule has 17 heavy (non-hydrogen) atoms. The number of hydrogen-bond donors (Lipinski definition) is 0. The summed E-state index contributed by atoms with van der Waals surface area (Å²) in [6.45, 7) is 5.10. The topological polar surface area (TPSA) is 37.4 Å². The van der Waals surface area contributed by atoms with Crippen molar-refractivity contribution in [1.29, 1.82) is 0 Å². The van der Waals surface area contributed by atoms with Gasteiger partial charge in [-0.05, 0) is 23.4 Å². The number of hydrogen-bond acceptors (Lipinski definition) is 3. The van der Waals surface area contributed by atoms with Gasteiger partial charge >= 0.3 is 0 Å². The number of aryl methyl sites for hydroxylation is 1. The minimum Gasteiger partial charge on any atom is -0.337 e. The Balaban J connectivity index is 2.13. The maximum Gasteiger partial charge on any atom is 0.264 e. The van der Waals surface area contributed by atoms with Gasteiger partial charge in [0.2, 0.25) is 0 Å². The van der Waals surface area contributed by atoms with Crippen LogP contribution in [0.15, 0.2) is 11.4 Å². The van der Waals surface area contributed by atoms with Gasteiger partial charge in [-0.15, -0.1) is 11.3 Å². The van der Waals surface area contributed by atoms with Gasteiger partial charge in [0.1, 0.15) is 5.78 Å². The Labute approximate surface area is 105 Å². The summed E-state index contributed by atoms with van der Waals surface area (Å²) >= 11 is 1.50. The van der Waals surface area contributed by atoms with E-state index in [1.807, 2.05) is 23.3 Å². The van der Waals surface area contributed by atoms with Gasteiger partial charge in [0.05, 0.1) is 4.88 Å². The molecule has 0 spiro atoms. The number of thiophene rings is 1. The molecule has 1 aliphatic heterocycles. The van der Waals surface area contributed by atoms with Crippen LogP contribution in [0, 0.1) is 5.92 Å².